The van der Waals surface area contributed by atoms with E-state index in [9.17, 15) is 4.79 Å². The van der Waals surface area contributed by atoms with Gasteiger partial charge in [0, 0.05) is 24.1 Å². The maximum atomic E-state index is 12.1. The fourth-order valence-electron chi connectivity index (χ4n) is 2.00. The van der Waals surface area contributed by atoms with Crippen LogP contribution in [0.1, 0.15) is 38.8 Å². The van der Waals surface area contributed by atoms with Gasteiger partial charge in [0.2, 0.25) is 5.91 Å². The largest absolute Gasteiger partial charge is 0.345 e. The molecule has 0 spiro atoms. The Morgan fingerprint density at radius 2 is 1.89 bits per heavy atom. The van der Waals surface area contributed by atoms with E-state index in [0.717, 1.165) is 17.4 Å². The number of halogens is 1. The highest BCUT2D eigenvalue weighted by atomic mass is 79.9. The monoisotopic (exact) mass is 326 g/mol. The highest BCUT2D eigenvalue weighted by Gasteiger charge is 2.20. The van der Waals surface area contributed by atoms with E-state index in [4.69, 9.17) is 0 Å². The lowest BCUT2D eigenvalue weighted by atomic mass is 10.0. The summed E-state index contributed by atoms with van der Waals surface area (Å²) in [4.78, 5) is 13.8. The molecule has 0 saturated carbocycles. The van der Waals surface area contributed by atoms with Crippen molar-refractivity contribution in [2.24, 2.45) is 0 Å². The van der Waals surface area contributed by atoms with E-state index in [1.807, 2.05) is 33.0 Å². The summed E-state index contributed by atoms with van der Waals surface area (Å²) in [5.41, 5.74) is 1.21. The zero-order valence-electron chi connectivity index (χ0n) is 12.1. The number of hydrogen-bond donors (Lipinski definition) is 1. The van der Waals surface area contributed by atoms with E-state index in [-0.39, 0.29) is 18.0 Å². The fraction of sp³-hybridized carbons (Fsp3) is 0.533. The second-order valence-electron chi connectivity index (χ2n) is 4.75. The van der Waals surface area contributed by atoms with Crippen LogP contribution >= 0.6 is 15.9 Å². The van der Waals surface area contributed by atoms with Crippen molar-refractivity contribution >= 4 is 21.8 Å². The number of likely N-dealkylation sites (N-methyl/N-ethyl adjacent to an activating group) is 1. The molecule has 0 aromatic heterocycles. The fourth-order valence-corrected chi connectivity index (χ4v) is 2.27. The summed E-state index contributed by atoms with van der Waals surface area (Å²) >= 11 is 3.44. The van der Waals surface area contributed by atoms with Crippen molar-refractivity contribution in [3.05, 3.63) is 34.3 Å². The average molecular weight is 327 g/mol. The van der Waals surface area contributed by atoms with Gasteiger partial charge in [-0.25, -0.2) is 0 Å². The molecule has 1 aromatic carbocycles. The molecular weight excluding hydrogens is 304 g/mol. The first kappa shape index (κ1) is 16.2. The van der Waals surface area contributed by atoms with Crippen molar-refractivity contribution in [1.82, 2.24) is 10.2 Å². The second-order valence-corrected chi connectivity index (χ2v) is 5.67. The van der Waals surface area contributed by atoms with Gasteiger partial charge in [-0.15, -0.1) is 0 Å². The van der Waals surface area contributed by atoms with E-state index in [0.29, 0.717) is 0 Å². The molecule has 0 aliphatic heterocycles. The second kappa shape index (κ2) is 7.65. The average Bonchev–Trinajstić information content (AvgIpc) is 2.43. The van der Waals surface area contributed by atoms with Crippen LogP contribution in [0.3, 0.4) is 0 Å². The predicted octanol–water partition coefficient (Wildman–Crippen LogP) is 3.36. The van der Waals surface area contributed by atoms with Crippen LogP contribution in [0.5, 0.6) is 0 Å². The van der Waals surface area contributed by atoms with Gasteiger partial charge in [-0.1, -0.05) is 35.0 Å². The Morgan fingerprint density at radius 3 is 2.37 bits per heavy atom. The van der Waals surface area contributed by atoms with Gasteiger partial charge in [0.05, 0.1) is 6.04 Å². The molecule has 1 aromatic rings. The minimum Gasteiger partial charge on any atom is -0.345 e. The van der Waals surface area contributed by atoms with Crippen LogP contribution in [0.4, 0.5) is 0 Å². The molecule has 0 radical (unpaired) electrons. The molecule has 0 heterocycles. The van der Waals surface area contributed by atoms with Crippen molar-refractivity contribution in [3.63, 3.8) is 0 Å². The van der Waals surface area contributed by atoms with Crippen LogP contribution in [0.15, 0.2) is 28.7 Å². The number of rotatable bonds is 6. The molecular formula is C15H23BrN2O. The lowest BCUT2D eigenvalue weighted by Gasteiger charge is -2.25. The minimum atomic E-state index is -0.168. The Kier molecular flexibility index (Phi) is 6.52. The lowest BCUT2D eigenvalue weighted by molar-refractivity contribution is -0.131. The maximum absolute atomic E-state index is 12.1. The number of nitrogens with zero attached hydrogens (tertiary/aromatic N) is 1. The van der Waals surface area contributed by atoms with Crippen molar-refractivity contribution < 1.29 is 4.79 Å². The zero-order valence-corrected chi connectivity index (χ0v) is 13.7. The Labute approximate surface area is 124 Å². The van der Waals surface area contributed by atoms with Crippen molar-refractivity contribution in [2.75, 3.05) is 13.6 Å². The van der Waals surface area contributed by atoms with Crippen molar-refractivity contribution in [2.45, 2.75) is 39.3 Å². The minimum absolute atomic E-state index is 0.137. The van der Waals surface area contributed by atoms with Crippen LogP contribution in [-0.4, -0.2) is 30.4 Å². The summed E-state index contributed by atoms with van der Waals surface area (Å²) in [6.45, 7) is 6.77. The predicted molar refractivity (Wildman–Crippen MR) is 83.1 cm³/mol. The Morgan fingerprint density at radius 1 is 1.32 bits per heavy atom. The Bertz CT molecular complexity index is 405. The quantitative estimate of drug-likeness (QED) is 0.869. The van der Waals surface area contributed by atoms with Gasteiger partial charge in [-0.05, 0) is 38.0 Å². The summed E-state index contributed by atoms with van der Waals surface area (Å²) in [5.74, 6) is 0.137. The molecule has 0 bridgehead atoms. The van der Waals surface area contributed by atoms with E-state index in [1.54, 1.807) is 4.90 Å². The summed E-state index contributed by atoms with van der Waals surface area (Å²) in [7, 11) is 1.83. The van der Waals surface area contributed by atoms with Crippen LogP contribution in [0, 0.1) is 0 Å². The molecule has 106 valence electrons. The highest BCUT2D eigenvalue weighted by molar-refractivity contribution is 9.10. The normalized spacial score (nSPS) is 13.9. The topological polar surface area (TPSA) is 32.3 Å². The van der Waals surface area contributed by atoms with E-state index in [1.165, 1.54) is 5.56 Å². The molecule has 0 aliphatic carbocycles. The molecule has 1 N–H and O–H groups in total. The molecule has 19 heavy (non-hydrogen) atoms. The number of hydrogen-bond acceptors (Lipinski definition) is 2. The number of carbonyl (C=O) groups excluding carboxylic acids is 1. The third kappa shape index (κ3) is 4.62. The van der Waals surface area contributed by atoms with E-state index >= 15 is 0 Å². The van der Waals surface area contributed by atoms with Gasteiger partial charge in [-0.3, -0.25) is 10.1 Å². The van der Waals surface area contributed by atoms with Gasteiger partial charge in [0.15, 0.2) is 0 Å². The molecule has 0 saturated heterocycles. The summed E-state index contributed by atoms with van der Waals surface area (Å²) in [6, 6.07) is 8.28. The molecule has 1 rings (SSSR count). The Hall–Kier alpha value is -0.870. The van der Waals surface area contributed by atoms with Crippen LogP contribution in [-0.2, 0) is 4.79 Å². The maximum Gasteiger partial charge on any atom is 0.239 e. The van der Waals surface area contributed by atoms with Gasteiger partial charge in [0.25, 0.3) is 0 Å². The first-order valence-electron chi connectivity index (χ1n) is 6.76. The number of nitrogens with one attached hydrogen (secondary N) is 1. The highest BCUT2D eigenvalue weighted by Crippen LogP contribution is 2.20. The first-order chi connectivity index (χ1) is 8.99. The molecule has 2 unspecified atom stereocenters. The number of benzene rings is 1. The Balaban J connectivity index is 2.71. The third-order valence-electron chi connectivity index (χ3n) is 3.35. The van der Waals surface area contributed by atoms with Gasteiger partial charge in [0.1, 0.15) is 0 Å². The number of amides is 1. The molecule has 3 nitrogen and oxygen atoms in total. The third-order valence-corrected chi connectivity index (χ3v) is 3.88. The molecule has 0 fully saturated rings. The van der Waals surface area contributed by atoms with Gasteiger partial charge >= 0.3 is 0 Å². The lowest BCUT2D eigenvalue weighted by Crippen LogP contribution is -2.44. The van der Waals surface area contributed by atoms with Crippen molar-refractivity contribution in [1.29, 1.82) is 0 Å². The van der Waals surface area contributed by atoms with E-state index < -0.39 is 0 Å². The summed E-state index contributed by atoms with van der Waals surface area (Å²) < 4.78 is 1.07. The zero-order chi connectivity index (χ0) is 14.4. The summed E-state index contributed by atoms with van der Waals surface area (Å²) in [6.07, 6.45) is 0.953. The number of carbonyl (C=O) groups is 1. The smallest absolute Gasteiger partial charge is 0.239 e. The van der Waals surface area contributed by atoms with Gasteiger partial charge in [-0.2, -0.15) is 0 Å². The van der Waals surface area contributed by atoms with Crippen LogP contribution in [0.25, 0.3) is 0 Å². The summed E-state index contributed by atoms with van der Waals surface area (Å²) in [5, 5.41) is 3.41. The van der Waals surface area contributed by atoms with Crippen LogP contribution in [0.2, 0.25) is 0 Å². The molecule has 0 aliphatic rings. The molecule has 1 amide bonds. The SMILES string of the molecule is CCC(NC(C)C(=O)N(C)CC)c1ccc(Br)cc1. The standard InChI is InChI=1S/C15H23BrN2O/c1-5-14(12-7-9-13(16)10-8-12)17-11(3)15(19)18(4)6-2/h7-11,14,17H,5-6H2,1-4H3. The molecule has 2 atom stereocenters. The first-order valence-corrected chi connectivity index (χ1v) is 7.55. The van der Waals surface area contributed by atoms with Crippen molar-refractivity contribution in [3.8, 4) is 0 Å². The van der Waals surface area contributed by atoms with Crippen LogP contribution < -0.4 is 5.32 Å². The van der Waals surface area contributed by atoms with E-state index in [2.05, 4.69) is 40.3 Å². The van der Waals surface area contributed by atoms with Gasteiger partial charge < -0.3 is 4.90 Å². The molecule has 4 heteroatoms.